The number of nitrogens with one attached hydrogen (secondary N) is 1. The molecule has 3 aromatic rings. The number of anilines is 1. The van der Waals surface area contributed by atoms with E-state index in [4.69, 9.17) is 11.6 Å². The number of aromatic nitrogens is 3. The van der Waals surface area contributed by atoms with Gasteiger partial charge in [0, 0.05) is 11.3 Å². The van der Waals surface area contributed by atoms with Crippen LogP contribution in [0.15, 0.2) is 55.2 Å². The first-order valence-corrected chi connectivity index (χ1v) is 8.40. The molecule has 0 saturated heterocycles. The van der Waals surface area contributed by atoms with Gasteiger partial charge in [-0.05, 0) is 30.7 Å². The third-order valence-corrected chi connectivity index (χ3v) is 4.05. The molecule has 9 heteroatoms. The van der Waals surface area contributed by atoms with Crippen LogP contribution < -0.4 is 5.32 Å². The number of benzene rings is 1. The van der Waals surface area contributed by atoms with E-state index in [9.17, 15) is 18.0 Å². The summed E-state index contributed by atoms with van der Waals surface area (Å²) in [6, 6.07) is 10.9. The van der Waals surface area contributed by atoms with Crippen molar-refractivity contribution in [1.29, 1.82) is 0 Å². The van der Waals surface area contributed by atoms with Gasteiger partial charge in [-0.15, -0.1) is 0 Å². The number of hydrogen-bond donors (Lipinski definition) is 1. The Morgan fingerprint density at radius 3 is 2.50 bits per heavy atom. The number of carbonyl (C=O) groups is 1. The first kappa shape index (κ1) is 19.6. The molecule has 0 fully saturated rings. The highest BCUT2D eigenvalue weighted by molar-refractivity contribution is 6.29. The number of alkyl halides is 3. The average molecular weight is 407 g/mol. The summed E-state index contributed by atoms with van der Waals surface area (Å²) in [4.78, 5) is 16.5. The molecule has 0 aliphatic heterocycles. The smallest absolute Gasteiger partial charge is 0.321 e. The Balaban J connectivity index is 2.06. The van der Waals surface area contributed by atoms with Gasteiger partial charge in [0.1, 0.15) is 5.15 Å². The van der Waals surface area contributed by atoms with Crippen LogP contribution in [0.3, 0.4) is 0 Å². The van der Waals surface area contributed by atoms with E-state index in [0.717, 1.165) is 6.20 Å². The van der Waals surface area contributed by atoms with Crippen molar-refractivity contribution in [3.63, 3.8) is 0 Å². The van der Waals surface area contributed by atoms with Gasteiger partial charge in [0.25, 0.3) is 5.91 Å². The second-order valence-electron chi connectivity index (χ2n) is 5.91. The summed E-state index contributed by atoms with van der Waals surface area (Å²) in [6.45, 7) is 5.54. The van der Waals surface area contributed by atoms with Gasteiger partial charge >= 0.3 is 6.18 Å². The van der Waals surface area contributed by atoms with Crippen LogP contribution in [-0.2, 0) is 6.18 Å². The number of pyridine rings is 1. The van der Waals surface area contributed by atoms with E-state index in [-0.39, 0.29) is 11.0 Å². The Morgan fingerprint density at radius 2 is 1.86 bits per heavy atom. The Labute approximate surface area is 163 Å². The van der Waals surface area contributed by atoms with E-state index in [0.29, 0.717) is 21.5 Å². The SMILES string of the molecule is C=C(C)c1ccccc1NC(=O)c1cnn(-c2cccc(Cl)n2)c1C(F)(F)F. The predicted molar refractivity (Wildman–Crippen MR) is 100 cm³/mol. The Hall–Kier alpha value is -3.13. The molecule has 1 N–H and O–H groups in total. The van der Waals surface area contributed by atoms with E-state index in [1.165, 1.54) is 18.2 Å². The van der Waals surface area contributed by atoms with Crippen molar-refractivity contribution in [3.05, 3.63) is 77.2 Å². The van der Waals surface area contributed by atoms with Crippen molar-refractivity contribution in [2.45, 2.75) is 13.1 Å². The van der Waals surface area contributed by atoms with Crippen molar-refractivity contribution in [2.24, 2.45) is 0 Å². The maximum atomic E-state index is 13.7. The molecule has 0 aliphatic carbocycles. The molecular formula is C19H14ClF3N4O. The summed E-state index contributed by atoms with van der Waals surface area (Å²) in [5.41, 5.74) is -0.251. The number of allylic oxidation sites excluding steroid dienone is 1. The first-order chi connectivity index (χ1) is 13.2. The summed E-state index contributed by atoms with van der Waals surface area (Å²) < 4.78 is 41.7. The minimum atomic E-state index is -4.85. The Morgan fingerprint density at radius 1 is 1.14 bits per heavy atom. The Kier molecular flexibility index (Phi) is 5.24. The predicted octanol–water partition coefficient (Wildman–Crippen LogP) is 5.22. The van der Waals surface area contributed by atoms with Crippen LogP contribution in [0.1, 0.15) is 28.5 Å². The van der Waals surface area contributed by atoms with Crippen LogP contribution in [0.2, 0.25) is 5.15 Å². The van der Waals surface area contributed by atoms with Crippen molar-refractivity contribution in [2.75, 3.05) is 5.32 Å². The summed E-state index contributed by atoms with van der Waals surface area (Å²) in [7, 11) is 0. The number of amides is 1. The highest BCUT2D eigenvalue weighted by atomic mass is 35.5. The van der Waals surface area contributed by atoms with Crippen molar-refractivity contribution in [1.82, 2.24) is 14.8 Å². The number of halogens is 4. The molecule has 5 nitrogen and oxygen atoms in total. The largest absolute Gasteiger partial charge is 0.434 e. The quantitative estimate of drug-likeness (QED) is 0.604. The van der Waals surface area contributed by atoms with Crippen molar-refractivity contribution < 1.29 is 18.0 Å². The lowest BCUT2D eigenvalue weighted by Crippen LogP contribution is -2.21. The molecule has 28 heavy (non-hydrogen) atoms. The lowest BCUT2D eigenvalue weighted by atomic mass is 10.1. The average Bonchev–Trinajstić information content (AvgIpc) is 3.07. The van der Waals surface area contributed by atoms with Crippen LogP contribution in [-0.4, -0.2) is 20.7 Å². The van der Waals surface area contributed by atoms with E-state index in [1.54, 1.807) is 31.2 Å². The third kappa shape index (κ3) is 3.91. The molecule has 0 saturated carbocycles. The summed E-state index contributed by atoms with van der Waals surface area (Å²) >= 11 is 5.76. The highest BCUT2D eigenvalue weighted by Gasteiger charge is 2.41. The minimum Gasteiger partial charge on any atom is -0.321 e. The third-order valence-electron chi connectivity index (χ3n) is 3.83. The van der Waals surface area contributed by atoms with E-state index >= 15 is 0 Å². The van der Waals surface area contributed by atoms with Crippen molar-refractivity contribution >= 4 is 28.8 Å². The number of hydrogen-bond acceptors (Lipinski definition) is 3. The normalized spacial score (nSPS) is 11.3. The van der Waals surface area contributed by atoms with Crippen LogP contribution in [0.4, 0.5) is 18.9 Å². The van der Waals surface area contributed by atoms with E-state index < -0.39 is 23.3 Å². The minimum absolute atomic E-state index is 0.00233. The standard InChI is InChI=1S/C19H14ClF3N4O/c1-11(2)12-6-3-4-7-14(12)25-18(28)13-10-24-27(17(13)19(21,22)23)16-9-5-8-15(20)26-16/h3-10H,1H2,2H3,(H,25,28). The second-order valence-corrected chi connectivity index (χ2v) is 6.30. The summed E-state index contributed by atoms with van der Waals surface area (Å²) in [5.74, 6) is -1.10. The molecule has 144 valence electrons. The number of carbonyl (C=O) groups excluding carboxylic acids is 1. The summed E-state index contributed by atoms with van der Waals surface area (Å²) in [6.07, 6.45) is -3.99. The molecule has 1 aromatic carbocycles. The van der Waals surface area contributed by atoms with Crippen LogP contribution in [0.25, 0.3) is 11.4 Å². The molecule has 0 unspecified atom stereocenters. The van der Waals surface area contributed by atoms with Gasteiger partial charge in [-0.3, -0.25) is 4.79 Å². The van der Waals surface area contributed by atoms with Gasteiger partial charge in [-0.2, -0.15) is 18.3 Å². The van der Waals surface area contributed by atoms with Gasteiger partial charge in [0.2, 0.25) is 0 Å². The zero-order chi connectivity index (χ0) is 20.5. The van der Waals surface area contributed by atoms with Gasteiger partial charge in [0.15, 0.2) is 11.5 Å². The Bertz CT molecular complexity index is 1060. The summed E-state index contributed by atoms with van der Waals surface area (Å²) in [5, 5.41) is 6.21. The molecule has 2 heterocycles. The lowest BCUT2D eigenvalue weighted by Gasteiger charge is -2.14. The number of para-hydroxylation sites is 1. The lowest BCUT2D eigenvalue weighted by molar-refractivity contribution is -0.143. The molecule has 3 rings (SSSR count). The van der Waals surface area contributed by atoms with Gasteiger partial charge in [-0.25, -0.2) is 9.67 Å². The molecule has 1 amide bonds. The van der Waals surface area contributed by atoms with Crippen LogP contribution in [0.5, 0.6) is 0 Å². The topological polar surface area (TPSA) is 59.8 Å². The fourth-order valence-electron chi connectivity index (χ4n) is 2.63. The van der Waals surface area contributed by atoms with Crippen LogP contribution in [0, 0.1) is 0 Å². The fraction of sp³-hybridized carbons (Fsp3) is 0.105. The zero-order valence-corrected chi connectivity index (χ0v) is 15.3. The van der Waals surface area contributed by atoms with Gasteiger partial charge in [0.05, 0.1) is 11.8 Å². The highest BCUT2D eigenvalue weighted by Crippen LogP contribution is 2.34. The molecule has 0 radical (unpaired) electrons. The molecule has 0 spiro atoms. The van der Waals surface area contributed by atoms with Gasteiger partial charge < -0.3 is 5.32 Å². The number of nitrogens with zero attached hydrogens (tertiary/aromatic N) is 3. The van der Waals surface area contributed by atoms with E-state index in [1.807, 2.05) is 0 Å². The fourth-order valence-corrected chi connectivity index (χ4v) is 2.79. The maximum Gasteiger partial charge on any atom is 0.434 e. The van der Waals surface area contributed by atoms with Gasteiger partial charge in [-0.1, -0.05) is 42.4 Å². The molecule has 0 atom stereocenters. The second kappa shape index (κ2) is 7.47. The molecular weight excluding hydrogens is 393 g/mol. The molecule has 0 bridgehead atoms. The monoisotopic (exact) mass is 406 g/mol. The number of rotatable bonds is 4. The van der Waals surface area contributed by atoms with Crippen molar-refractivity contribution in [3.8, 4) is 5.82 Å². The zero-order valence-electron chi connectivity index (χ0n) is 14.6. The molecule has 0 aliphatic rings. The molecule has 2 aromatic heterocycles. The maximum absolute atomic E-state index is 13.7. The van der Waals surface area contributed by atoms with Crippen LogP contribution >= 0.6 is 11.6 Å². The first-order valence-electron chi connectivity index (χ1n) is 8.03. The van der Waals surface area contributed by atoms with E-state index in [2.05, 4.69) is 22.0 Å².